The molecule has 6 nitrogen and oxygen atoms in total. The molecule has 6 heteroatoms. The Kier molecular flexibility index (Phi) is 4.51. The topological polar surface area (TPSA) is 85.7 Å². The fraction of sp³-hybridized carbons (Fsp3) is 0.667. The normalized spacial score (nSPS) is 20.1. The summed E-state index contributed by atoms with van der Waals surface area (Å²) in [6.45, 7) is 2.06. The SMILES string of the molecule is N#Cc1cnc(NC2CCNCC2)nc1NC1CCCC1. The summed E-state index contributed by atoms with van der Waals surface area (Å²) in [5.74, 6) is 1.30. The van der Waals surface area contributed by atoms with Gasteiger partial charge in [-0.05, 0) is 38.8 Å². The Bertz CT molecular complexity index is 511. The second-order valence-electron chi connectivity index (χ2n) is 5.86. The Labute approximate surface area is 125 Å². The summed E-state index contributed by atoms with van der Waals surface area (Å²) in [5, 5.41) is 19.3. The van der Waals surface area contributed by atoms with Gasteiger partial charge in [0.15, 0.2) is 0 Å². The Balaban J connectivity index is 1.70. The molecule has 1 saturated heterocycles. The second kappa shape index (κ2) is 6.72. The lowest BCUT2D eigenvalue weighted by Gasteiger charge is -2.24. The summed E-state index contributed by atoms with van der Waals surface area (Å²) < 4.78 is 0. The van der Waals surface area contributed by atoms with Crippen LogP contribution in [-0.2, 0) is 0 Å². The monoisotopic (exact) mass is 286 g/mol. The average Bonchev–Trinajstić information content (AvgIpc) is 3.02. The number of anilines is 2. The van der Waals surface area contributed by atoms with Crippen LogP contribution in [0.1, 0.15) is 44.1 Å². The van der Waals surface area contributed by atoms with Crippen molar-refractivity contribution in [3.8, 4) is 6.07 Å². The third-order valence-corrected chi connectivity index (χ3v) is 4.28. The zero-order valence-electron chi connectivity index (χ0n) is 12.2. The smallest absolute Gasteiger partial charge is 0.224 e. The minimum atomic E-state index is 0.415. The van der Waals surface area contributed by atoms with Gasteiger partial charge in [0.25, 0.3) is 0 Å². The van der Waals surface area contributed by atoms with E-state index >= 15 is 0 Å². The molecule has 0 spiro atoms. The Morgan fingerprint density at radius 3 is 2.52 bits per heavy atom. The lowest BCUT2D eigenvalue weighted by atomic mass is 10.1. The summed E-state index contributed by atoms with van der Waals surface area (Å²) in [4.78, 5) is 8.80. The van der Waals surface area contributed by atoms with Gasteiger partial charge in [0.05, 0.1) is 6.20 Å². The van der Waals surface area contributed by atoms with Gasteiger partial charge in [0, 0.05) is 12.1 Å². The van der Waals surface area contributed by atoms with Gasteiger partial charge in [-0.25, -0.2) is 4.98 Å². The lowest BCUT2D eigenvalue weighted by Crippen LogP contribution is -2.35. The van der Waals surface area contributed by atoms with Crippen molar-refractivity contribution >= 4 is 11.8 Å². The molecule has 0 bridgehead atoms. The highest BCUT2D eigenvalue weighted by Gasteiger charge is 2.18. The number of nitrogens with one attached hydrogen (secondary N) is 3. The van der Waals surface area contributed by atoms with Crippen LogP contribution in [0.3, 0.4) is 0 Å². The number of nitriles is 1. The molecule has 0 unspecified atom stereocenters. The first-order valence-electron chi connectivity index (χ1n) is 7.86. The third kappa shape index (κ3) is 3.61. The van der Waals surface area contributed by atoms with Crippen LogP contribution in [0.2, 0.25) is 0 Å². The minimum absolute atomic E-state index is 0.415. The van der Waals surface area contributed by atoms with Gasteiger partial charge in [0.1, 0.15) is 17.5 Å². The van der Waals surface area contributed by atoms with Crippen molar-refractivity contribution in [2.24, 2.45) is 0 Å². The molecule has 1 aliphatic carbocycles. The van der Waals surface area contributed by atoms with Gasteiger partial charge < -0.3 is 16.0 Å². The van der Waals surface area contributed by atoms with Gasteiger partial charge >= 0.3 is 0 Å². The molecular formula is C15H22N6. The first kappa shape index (κ1) is 14.1. The maximum Gasteiger partial charge on any atom is 0.224 e. The first-order valence-corrected chi connectivity index (χ1v) is 7.86. The highest BCUT2D eigenvalue weighted by atomic mass is 15.2. The zero-order chi connectivity index (χ0) is 14.5. The fourth-order valence-corrected chi connectivity index (χ4v) is 3.06. The summed E-state index contributed by atoms with van der Waals surface area (Å²) in [7, 11) is 0. The molecule has 0 aromatic carbocycles. The summed E-state index contributed by atoms with van der Waals surface area (Å²) >= 11 is 0. The zero-order valence-corrected chi connectivity index (χ0v) is 12.2. The predicted octanol–water partition coefficient (Wildman–Crippen LogP) is 1.87. The van der Waals surface area contributed by atoms with Crippen molar-refractivity contribution in [3.05, 3.63) is 11.8 Å². The van der Waals surface area contributed by atoms with Crippen molar-refractivity contribution < 1.29 is 0 Å². The van der Waals surface area contributed by atoms with Gasteiger partial charge in [-0.2, -0.15) is 10.2 Å². The number of hydrogen-bond acceptors (Lipinski definition) is 6. The van der Waals surface area contributed by atoms with Crippen molar-refractivity contribution in [1.29, 1.82) is 5.26 Å². The number of piperidine rings is 1. The van der Waals surface area contributed by atoms with E-state index in [9.17, 15) is 5.26 Å². The third-order valence-electron chi connectivity index (χ3n) is 4.28. The molecule has 1 aliphatic heterocycles. The van der Waals surface area contributed by atoms with Gasteiger partial charge in [-0.3, -0.25) is 0 Å². The van der Waals surface area contributed by atoms with Crippen LogP contribution < -0.4 is 16.0 Å². The molecule has 1 saturated carbocycles. The maximum atomic E-state index is 9.21. The molecule has 0 amide bonds. The standard InChI is InChI=1S/C15H22N6/c16-9-11-10-18-15(20-13-5-7-17-8-6-13)21-14(11)19-12-3-1-2-4-12/h10,12-13,17H,1-8H2,(H2,18,19,20,21). The summed E-state index contributed by atoms with van der Waals surface area (Å²) in [6, 6.07) is 3.03. The van der Waals surface area contributed by atoms with Crippen molar-refractivity contribution in [2.45, 2.75) is 50.6 Å². The van der Waals surface area contributed by atoms with Crippen LogP contribution in [0.25, 0.3) is 0 Å². The van der Waals surface area contributed by atoms with E-state index in [1.54, 1.807) is 6.20 Å². The minimum Gasteiger partial charge on any atom is -0.366 e. The van der Waals surface area contributed by atoms with Crippen LogP contribution in [0, 0.1) is 11.3 Å². The Hall–Kier alpha value is -1.87. The van der Waals surface area contributed by atoms with Crippen molar-refractivity contribution in [2.75, 3.05) is 23.7 Å². The first-order chi connectivity index (χ1) is 10.3. The number of aromatic nitrogens is 2. The van der Waals surface area contributed by atoms with Crippen LogP contribution in [0.4, 0.5) is 11.8 Å². The molecule has 0 radical (unpaired) electrons. The van der Waals surface area contributed by atoms with E-state index in [1.807, 2.05) is 0 Å². The molecule has 3 N–H and O–H groups in total. The molecule has 2 fully saturated rings. The van der Waals surface area contributed by atoms with Gasteiger partial charge in [-0.15, -0.1) is 0 Å². The van der Waals surface area contributed by atoms with E-state index in [1.165, 1.54) is 12.8 Å². The van der Waals surface area contributed by atoms with Crippen LogP contribution >= 0.6 is 0 Å². The number of hydrogen-bond donors (Lipinski definition) is 3. The summed E-state index contributed by atoms with van der Waals surface area (Å²) in [5.41, 5.74) is 0.526. The van der Waals surface area contributed by atoms with E-state index in [4.69, 9.17) is 0 Å². The number of rotatable bonds is 4. The van der Waals surface area contributed by atoms with E-state index in [0.717, 1.165) is 38.8 Å². The van der Waals surface area contributed by atoms with E-state index < -0.39 is 0 Å². The van der Waals surface area contributed by atoms with E-state index in [2.05, 4.69) is 32.0 Å². The molecular weight excluding hydrogens is 264 g/mol. The summed E-state index contributed by atoms with van der Waals surface area (Å²) in [6.07, 6.45) is 8.60. The van der Waals surface area contributed by atoms with Crippen LogP contribution in [-0.4, -0.2) is 35.1 Å². The average molecular weight is 286 g/mol. The molecule has 1 aromatic rings. The fourth-order valence-electron chi connectivity index (χ4n) is 3.06. The molecule has 0 atom stereocenters. The predicted molar refractivity (Wildman–Crippen MR) is 82.1 cm³/mol. The van der Waals surface area contributed by atoms with E-state index in [-0.39, 0.29) is 0 Å². The molecule has 21 heavy (non-hydrogen) atoms. The van der Waals surface area contributed by atoms with Crippen LogP contribution in [0.5, 0.6) is 0 Å². The highest BCUT2D eigenvalue weighted by molar-refractivity contribution is 5.54. The van der Waals surface area contributed by atoms with Gasteiger partial charge in [0.2, 0.25) is 5.95 Å². The van der Waals surface area contributed by atoms with E-state index in [0.29, 0.717) is 29.4 Å². The highest BCUT2D eigenvalue weighted by Crippen LogP contribution is 2.23. The molecule has 1 aromatic heterocycles. The second-order valence-corrected chi connectivity index (χ2v) is 5.86. The lowest BCUT2D eigenvalue weighted by molar-refractivity contribution is 0.477. The van der Waals surface area contributed by atoms with Crippen LogP contribution in [0.15, 0.2) is 6.20 Å². The van der Waals surface area contributed by atoms with Crippen molar-refractivity contribution in [1.82, 2.24) is 15.3 Å². The van der Waals surface area contributed by atoms with Gasteiger partial charge in [-0.1, -0.05) is 12.8 Å². The Morgan fingerprint density at radius 2 is 1.81 bits per heavy atom. The molecule has 2 heterocycles. The molecule has 2 aliphatic rings. The maximum absolute atomic E-state index is 9.21. The largest absolute Gasteiger partial charge is 0.366 e. The Morgan fingerprint density at radius 1 is 1.10 bits per heavy atom. The molecule has 3 rings (SSSR count). The number of nitrogens with zero attached hydrogens (tertiary/aromatic N) is 3. The quantitative estimate of drug-likeness (QED) is 0.783. The van der Waals surface area contributed by atoms with Crippen molar-refractivity contribution in [3.63, 3.8) is 0 Å². The molecule has 112 valence electrons.